The first kappa shape index (κ1) is 20.7. The third kappa shape index (κ3) is 3.94. The van der Waals surface area contributed by atoms with E-state index in [1.807, 2.05) is 54.9 Å². The average molecular weight is 438 g/mol. The van der Waals surface area contributed by atoms with Crippen LogP contribution in [0.15, 0.2) is 65.8 Å². The van der Waals surface area contributed by atoms with Crippen molar-refractivity contribution in [1.82, 2.24) is 9.38 Å². The van der Waals surface area contributed by atoms with Gasteiger partial charge >= 0.3 is 0 Å². The maximum Gasteiger partial charge on any atom is 0.262 e. The number of aromatic nitrogens is 2. The van der Waals surface area contributed by atoms with Gasteiger partial charge in [-0.25, -0.2) is 13.4 Å². The van der Waals surface area contributed by atoms with E-state index in [2.05, 4.69) is 4.72 Å². The van der Waals surface area contributed by atoms with Gasteiger partial charge < -0.3 is 13.9 Å². The summed E-state index contributed by atoms with van der Waals surface area (Å²) in [6, 6.07) is 14.0. The largest absolute Gasteiger partial charge is 0.493 e. The molecule has 0 spiro atoms. The zero-order valence-electron chi connectivity index (χ0n) is 17.7. The fraction of sp³-hybridized carbons (Fsp3) is 0.174. The predicted octanol–water partition coefficient (Wildman–Crippen LogP) is 4.44. The molecule has 160 valence electrons. The highest BCUT2D eigenvalue weighted by atomic mass is 32.2. The van der Waals surface area contributed by atoms with Crippen LogP contribution in [0.2, 0.25) is 0 Å². The molecule has 1 N–H and O–H groups in total. The molecule has 0 atom stereocenters. The van der Waals surface area contributed by atoms with E-state index in [1.54, 1.807) is 12.1 Å². The van der Waals surface area contributed by atoms with Crippen molar-refractivity contribution < 1.29 is 17.9 Å². The molecule has 4 aromatic rings. The standard InChI is InChI=1S/C23H23N3O4S/c1-15-7-8-17(20-14-26-11-5-6-16(2)23(26)24-20)12-19(15)25-31(27,28)18-9-10-21(29-3)22(13-18)30-4/h5-14,25H,1-4H3. The van der Waals surface area contributed by atoms with E-state index < -0.39 is 10.0 Å². The van der Waals surface area contributed by atoms with Crippen LogP contribution in [0, 0.1) is 13.8 Å². The van der Waals surface area contributed by atoms with E-state index in [0.717, 1.165) is 28.0 Å². The molecule has 0 radical (unpaired) electrons. The second-order valence-corrected chi connectivity index (χ2v) is 8.88. The van der Waals surface area contributed by atoms with Gasteiger partial charge in [0.15, 0.2) is 11.5 Å². The van der Waals surface area contributed by atoms with Crippen LogP contribution in [-0.2, 0) is 10.0 Å². The van der Waals surface area contributed by atoms with Crippen LogP contribution in [-0.4, -0.2) is 32.0 Å². The number of methoxy groups -OCH3 is 2. The average Bonchev–Trinajstić information content (AvgIpc) is 3.20. The number of pyridine rings is 1. The van der Waals surface area contributed by atoms with Gasteiger partial charge in [-0.15, -0.1) is 0 Å². The minimum atomic E-state index is -3.83. The van der Waals surface area contributed by atoms with E-state index in [-0.39, 0.29) is 4.90 Å². The molecule has 0 bridgehead atoms. The lowest BCUT2D eigenvalue weighted by Crippen LogP contribution is -2.14. The number of hydrogen-bond acceptors (Lipinski definition) is 5. The van der Waals surface area contributed by atoms with E-state index in [0.29, 0.717) is 17.2 Å². The van der Waals surface area contributed by atoms with Crippen LogP contribution >= 0.6 is 0 Å². The first-order valence-corrected chi connectivity index (χ1v) is 11.1. The highest BCUT2D eigenvalue weighted by molar-refractivity contribution is 7.92. The van der Waals surface area contributed by atoms with E-state index in [9.17, 15) is 8.42 Å². The SMILES string of the molecule is COc1ccc(S(=O)(=O)Nc2cc(-c3cn4cccc(C)c4n3)ccc2C)cc1OC. The number of imidazole rings is 1. The van der Waals surface area contributed by atoms with Crippen molar-refractivity contribution in [2.75, 3.05) is 18.9 Å². The monoisotopic (exact) mass is 437 g/mol. The molecule has 31 heavy (non-hydrogen) atoms. The summed E-state index contributed by atoms with van der Waals surface area (Å²) in [4.78, 5) is 4.79. The number of nitrogens with one attached hydrogen (secondary N) is 1. The molecule has 2 aromatic heterocycles. The highest BCUT2D eigenvalue weighted by Gasteiger charge is 2.19. The highest BCUT2D eigenvalue weighted by Crippen LogP contribution is 2.31. The zero-order valence-corrected chi connectivity index (χ0v) is 18.5. The Morgan fingerprint density at radius 3 is 2.42 bits per heavy atom. The summed E-state index contributed by atoms with van der Waals surface area (Å²) in [7, 11) is -0.871. The third-order valence-corrected chi connectivity index (χ3v) is 6.48. The predicted molar refractivity (Wildman–Crippen MR) is 120 cm³/mol. The summed E-state index contributed by atoms with van der Waals surface area (Å²) < 4.78 is 41.1. The Hall–Kier alpha value is -3.52. The number of anilines is 1. The summed E-state index contributed by atoms with van der Waals surface area (Å²) in [6.07, 6.45) is 3.87. The number of hydrogen-bond donors (Lipinski definition) is 1. The third-order valence-electron chi connectivity index (χ3n) is 5.12. The summed E-state index contributed by atoms with van der Waals surface area (Å²) in [5.41, 5.74) is 4.80. The Morgan fingerprint density at radius 1 is 0.935 bits per heavy atom. The molecule has 0 amide bonds. The number of sulfonamides is 1. The second kappa shape index (κ2) is 7.96. The topological polar surface area (TPSA) is 81.9 Å². The maximum absolute atomic E-state index is 13.0. The first-order chi connectivity index (χ1) is 14.8. The quantitative estimate of drug-likeness (QED) is 0.482. The van der Waals surface area contributed by atoms with Crippen molar-refractivity contribution in [2.24, 2.45) is 0 Å². The van der Waals surface area contributed by atoms with Crippen LogP contribution in [0.3, 0.4) is 0 Å². The van der Waals surface area contributed by atoms with Gasteiger partial charge in [-0.2, -0.15) is 0 Å². The van der Waals surface area contributed by atoms with Crippen molar-refractivity contribution in [3.05, 3.63) is 72.1 Å². The Bertz CT molecular complexity index is 1380. The molecule has 8 heteroatoms. The number of ether oxygens (including phenoxy) is 2. The number of aryl methyl sites for hydroxylation is 2. The molecular weight excluding hydrogens is 414 g/mol. The fourth-order valence-electron chi connectivity index (χ4n) is 3.37. The van der Waals surface area contributed by atoms with Crippen LogP contribution < -0.4 is 14.2 Å². The van der Waals surface area contributed by atoms with Crippen LogP contribution in [0.4, 0.5) is 5.69 Å². The van der Waals surface area contributed by atoms with Crippen molar-refractivity contribution in [2.45, 2.75) is 18.7 Å². The summed E-state index contributed by atoms with van der Waals surface area (Å²) in [5.74, 6) is 0.803. The number of benzene rings is 2. The number of nitrogens with zero attached hydrogens (tertiary/aromatic N) is 2. The van der Waals surface area contributed by atoms with E-state index in [1.165, 1.54) is 26.4 Å². The van der Waals surface area contributed by atoms with Crippen molar-refractivity contribution in [3.63, 3.8) is 0 Å². The summed E-state index contributed by atoms with van der Waals surface area (Å²) in [5, 5.41) is 0. The molecular formula is C23H23N3O4S. The van der Waals surface area contributed by atoms with Crippen LogP contribution in [0.25, 0.3) is 16.9 Å². The summed E-state index contributed by atoms with van der Waals surface area (Å²) in [6.45, 7) is 3.86. The van der Waals surface area contributed by atoms with Crippen molar-refractivity contribution in [3.8, 4) is 22.8 Å². The summed E-state index contributed by atoms with van der Waals surface area (Å²) >= 11 is 0. The minimum absolute atomic E-state index is 0.0818. The van der Waals surface area contributed by atoms with Gasteiger partial charge in [0.05, 0.1) is 30.5 Å². The van der Waals surface area contributed by atoms with Crippen molar-refractivity contribution in [1.29, 1.82) is 0 Å². The molecule has 0 aliphatic heterocycles. The molecule has 2 aromatic carbocycles. The molecule has 2 heterocycles. The van der Waals surface area contributed by atoms with Gasteiger partial charge in [0.1, 0.15) is 5.65 Å². The molecule has 7 nitrogen and oxygen atoms in total. The Kier molecular flexibility index (Phi) is 5.32. The Morgan fingerprint density at radius 2 is 1.71 bits per heavy atom. The lowest BCUT2D eigenvalue weighted by molar-refractivity contribution is 0.354. The van der Waals surface area contributed by atoms with Gasteiger partial charge in [-0.05, 0) is 49.2 Å². The Balaban J connectivity index is 1.71. The molecule has 0 aliphatic carbocycles. The molecule has 0 saturated carbocycles. The van der Waals surface area contributed by atoms with Crippen molar-refractivity contribution >= 4 is 21.4 Å². The number of rotatable bonds is 6. The fourth-order valence-corrected chi connectivity index (χ4v) is 4.51. The zero-order chi connectivity index (χ0) is 22.2. The normalized spacial score (nSPS) is 11.5. The van der Waals surface area contributed by atoms with E-state index >= 15 is 0 Å². The molecule has 0 aliphatic rings. The van der Waals surface area contributed by atoms with Gasteiger partial charge in [-0.3, -0.25) is 4.72 Å². The number of fused-ring (bicyclic) bond motifs is 1. The minimum Gasteiger partial charge on any atom is -0.493 e. The van der Waals surface area contributed by atoms with Gasteiger partial charge in [0.2, 0.25) is 0 Å². The smallest absolute Gasteiger partial charge is 0.262 e. The molecule has 0 fully saturated rings. The van der Waals surface area contributed by atoms with Gasteiger partial charge in [-0.1, -0.05) is 18.2 Å². The lowest BCUT2D eigenvalue weighted by atomic mass is 10.1. The molecule has 4 rings (SSSR count). The van der Waals surface area contributed by atoms with Gasteiger partial charge in [0.25, 0.3) is 10.0 Å². The second-order valence-electron chi connectivity index (χ2n) is 7.20. The molecule has 0 saturated heterocycles. The first-order valence-electron chi connectivity index (χ1n) is 9.62. The Labute approximate surface area is 181 Å². The van der Waals surface area contributed by atoms with Gasteiger partial charge in [0, 0.05) is 24.0 Å². The van der Waals surface area contributed by atoms with E-state index in [4.69, 9.17) is 14.5 Å². The lowest BCUT2D eigenvalue weighted by Gasteiger charge is -2.13. The maximum atomic E-state index is 13.0. The van der Waals surface area contributed by atoms with Crippen LogP contribution in [0.5, 0.6) is 11.5 Å². The van der Waals surface area contributed by atoms with Crippen LogP contribution in [0.1, 0.15) is 11.1 Å². The molecule has 0 unspecified atom stereocenters.